The number of aromatic nitrogens is 1. The van der Waals surface area contributed by atoms with Gasteiger partial charge in [-0.15, -0.1) is 13.2 Å². The molecule has 1 aromatic rings. The summed E-state index contributed by atoms with van der Waals surface area (Å²) < 4.78 is 76.4. The van der Waals surface area contributed by atoms with Crippen LogP contribution in [0.1, 0.15) is 22.5 Å². The number of pyridine rings is 1. The Labute approximate surface area is 94.8 Å². The van der Waals surface area contributed by atoms with Gasteiger partial charge in [0.25, 0.3) is 6.43 Å². The van der Waals surface area contributed by atoms with Crippen LogP contribution in [0.3, 0.4) is 0 Å². The molecule has 0 fully saturated rings. The molecule has 0 aliphatic carbocycles. The number of carbonyl (C=O) groups is 1. The first-order valence-electron chi connectivity index (χ1n) is 4.09. The van der Waals surface area contributed by atoms with Crippen molar-refractivity contribution < 1.29 is 41.0 Å². The van der Waals surface area contributed by atoms with Gasteiger partial charge in [-0.2, -0.15) is 0 Å². The fourth-order valence-corrected chi connectivity index (χ4v) is 1.00. The molecule has 100 valence electrons. The lowest BCUT2D eigenvalue weighted by Crippen LogP contribution is -2.21. The molecule has 1 N–H and O–H groups in total. The van der Waals surface area contributed by atoms with Crippen molar-refractivity contribution in [2.45, 2.75) is 12.8 Å². The molecule has 1 aromatic heterocycles. The molecule has 0 unspecified atom stereocenters. The standard InChI is InChI=1S/C8H3F6NO3/c9-3-4(6(10)11)15-1-2(7(16)17)5(3)18-8(12,13)14/h1,6H,(H,16,17). The van der Waals surface area contributed by atoms with Gasteiger partial charge in [0, 0.05) is 6.20 Å². The van der Waals surface area contributed by atoms with Crippen LogP contribution in [0.15, 0.2) is 6.20 Å². The smallest absolute Gasteiger partial charge is 0.477 e. The van der Waals surface area contributed by atoms with E-state index in [2.05, 4.69) is 9.72 Å². The number of hydrogen-bond donors (Lipinski definition) is 1. The van der Waals surface area contributed by atoms with Crippen LogP contribution in [0.4, 0.5) is 26.3 Å². The molecular formula is C8H3F6NO3. The van der Waals surface area contributed by atoms with Crippen molar-refractivity contribution in [2.24, 2.45) is 0 Å². The van der Waals surface area contributed by atoms with Gasteiger partial charge < -0.3 is 9.84 Å². The summed E-state index contributed by atoms with van der Waals surface area (Å²) in [5.74, 6) is -6.01. The molecule has 0 aromatic carbocycles. The number of alkyl halides is 5. The number of ether oxygens (including phenoxy) is 1. The van der Waals surface area contributed by atoms with Crippen molar-refractivity contribution in [1.29, 1.82) is 0 Å². The van der Waals surface area contributed by atoms with Crippen LogP contribution in [-0.4, -0.2) is 22.4 Å². The van der Waals surface area contributed by atoms with Crippen molar-refractivity contribution >= 4 is 5.97 Å². The highest BCUT2D eigenvalue weighted by atomic mass is 19.4. The molecular weight excluding hydrogens is 272 g/mol. The van der Waals surface area contributed by atoms with Crippen molar-refractivity contribution in [3.8, 4) is 5.75 Å². The molecule has 0 bridgehead atoms. The maximum absolute atomic E-state index is 13.2. The predicted octanol–water partition coefficient (Wildman–Crippen LogP) is 2.76. The van der Waals surface area contributed by atoms with Crippen LogP contribution < -0.4 is 4.74 Å². The summed E-state index contributed by atoms with van der Waals surface area (Å²) in [5.41, 5.74) is -2.94. The lowest BCUT2D eigenvalue weighted by molar-refractivity contribution is -0.275. The van der Waals surface area contributed by atoms with E-state index in [4.69, 9.17) is 5.11 Å². The van der Waals surface area contributed by atoms with Gasteiger partial charge in [0.05, 0.1) is 0 Å². The third-order valence-electron chi connectivity index (χ3n) is 1.66. The van der Waals surface area contributed by atoms with Gasteiger partial charge in [-0.3, -0.25) is 4.98 Å². The molecule has 0 spiro atoms. The van der Waals surface area contributed by atoms with Gasteiger partial charge in [0.1, 0.15) is 11.3 Å². The Morgan fingerprint density at radius 2 is 1.94 bits per heavy atom. The number of carboxylic acids is 1. The SMILES string of the molecule is O=C(O)c1cnc(C(F)F)c(F)c1OC(F)(F)F. The fraction of sp³-hybridized carbons (Fsp3) is 0.250. The van der Waals surface area contributed by atoms with E-state index in [0.29, 0.717) is 0 Å². The van der Waals surface area contributed by atoms with E-state index >= 15 is 0 Å². The van der Waals surface area contributed by atoms with Crippen molar-refractivity contribution in [3.05, 3.63) is 23.3 Å². The molecule has 0 amide bonds. The van der Waals surface area contributed by atoms with Crippen LogP contribution in [0.25, 0.3) is 0 Å². The number of halogens is 6. The van der Waals surface area contributed by atoms with Crippen LogP contribution in [0, 0.1) is 5.82 Å². The zero-order valence-corrected chi connectivity index (χ0v) is 8.13. The molecule has 4 nitrogen and oxygen atoms in total. The second kappa shape index (κ2) is 4.70. The summed E-state index contributed by atoms with van der Waals surface area (Å²) >= 11 is 0. The molecule has 0 saturated heterocycles. The van der Waals surface area contributed by atoms with Crippen molar-refractivity contribution in [3.63, 3.8) is 0 Å². The second-order valence-electron chi connectivity index (χ2n) is 2.85. The molecule has 0 radical (unpaired) electrons. The highest BCUT2D eigenvalue weighted by molar-refractivity contribution is 5.90. The van der Waals surface area contributed by atoms with Gasteiger partial charge in [-0.05, 0) is 0 Å². The van der Waals surface area contributed by atoms with Crippen molar-refractivity contribution in [1.82, 2.24) is 4.98 Å². The minimum atomic E-state index is -5.42. The number of aromatic carboxylic acids is 1. The van der Waals surface area contributed by atoms with Gasteiger partial charge in [-0.1, -0.05) is 0 Å². The van der Waals surface area contributed by atoms with Crippen LogP contribution in [0.2, 0.25) is 0 Å². The average molecular weight is 275 g/mol. The summed E-state index contributed by atoms with van der Waals surface area (Å²) in [7, 11) is 0. The van der Waals surface area contributed by atoms with Crippen LogP contribution in [0.5, 0.6) is 5.75 Å². The minimum Gasteiger partial charge on any atom is -0.477 e. The molecule has 1 heterocycles. The Kier molecular flexibility index (Phi) is 3.67. The quantitative estimate of drug-likeness (QED) is 0.862. The molecule has 10 heteroatoms. The maximum Gasteiger partial charge on any atom is 0.573 e. The van der Waals surface area contributed by atoms with E-state index in [1.807, 2.05) is 0 Å². The van der Waals surface area contributed by atoms with Crippen LogP contribution >= 0.6 is 0 Å². The molecule has 0 atom stereocenters. The van der Waals surface area contributed by atoms with E-state index in [-0.39, 0.29) is 6.20 Å². The van der Waals surface area contributed by atoms with E-state index in [9.17, 15) is 31.1 Å². The second-order valence-corrected chi connectivity index (χ2v) is 2.85. The van der Waals surface area contributed by atoms with Gasteiger partial charge in [0.2, 0.25) is 0 Å². The van der Waals surface area contributed by atoms with Gasteiger partial charge in [0.15, 0.2) is 11.6 Å². The first-order chi connectivity index (χ1) is 8.13. The Hall–Kier alpha value is -2.00. The Morgan fingerprint density at radius 1 is 1.39 bits per heavy atom. The normalized spacial score (nSPS) is 11.7. The Bertz CT molecular complexity index is 473. The highest BCUT2D eigenvalue weighted by Gasteiger charge is 2.36. The molecule has 0 aliphatic rings. The van der Waals surface area contributed by atoms with Gasteiger partial charge in [-0.25, -0.2) is 18.0 Å². The predicted molar refractivity (Wildman–Crippen MR) is 42.8 cm³/mol. The third kappa shape index (κ3) is 3.02. The number of hydrogen-bond acceptors (Lipinski definition) is 3. The third-order valence-corrected chi connectivity index (χ3v) is 1.66. The largest absolute Gasteiger partial charge is 0.573 e. The summed E-state index contributed by atoms with van der Waals surface area (Å²) in [6.45, 7) is 0. The first-order valence-corrected chi connectivity index (χ1v) is 4.09. The van der Waals surface area contributed by atoms with E-state index in [0.717, 1.165) is 0 Å². The van der Waals surface area contributed by atoms with Crippen molar-refractivity contribution in [2.75, 3.05) is 0 Å². The number of rotatable bonds is 3. The van der Waals surface area contributed by atoms with Gasteiger partial charge >= 0.3 is 12.3 Å². The minimum absolute atomic E-state index is 0.161. The molecule has 18 heavy (non-hydrogen) atoms. The van der Waals surface area contributed by atoms with E-state index in [1.54, 1.807) is 0 Å². The summed E-state index contributed by atoms with van der Waals surface area (Å²) in [6, 6.07) is 0. The lowest BCUT2D eigenvalue weighted by Gasteiger charge is -2.13. The van der Waals surface area contributed by atoms with E-state index in [1.165, 1.54) is 0 Å². The maximum atomic E-state index is 13.2. The molecule has 1 rings (SSSR count). The average Bonchev–Trinajstić information content (AvgIpc) is 2.17. The van der Waals surface area contributed by atoms with Crippen LogP contribution in [-0.2, 0) is 0 Å². The topological polar surface area (TPSA) is 59.4 Å². The number of carboxylic acid groups (broad SMARTS) is 1. The monoisotopic (exact) mass is 275 g/mol. The molecule has 0 aliphatic heterocycles. The van der Waals surface area contributed by atoms with E-state index < -0.39 is 41.6 Å². The molecule has 0 saturated carbocycles. The Balaban J connectivity index is 3.41. The zero-order valence-electron chi connectivity index (χ0n) is 8.13. The highest BCUT2D eigenvalue weighted by Crippen LogP contribution is 2.33. The lowest BCUT2D eigenvalue weighted by atomic mass is 10.2. The summed E-state index contributed by atoms with van der Waals surface area (Å²) in [6.07, 6.45) is -8.77. The Morgan fingerprint density at radius 3 is 2.33 bits per heavy atom. The number of nitrogens with zero attached hydrogens (tertiary/aromatic N) is 1. The first kappa shape index (κ1) is 14.1. The zero-order chi connectivity index (χ0) is 14.1. The fourth-order valence-electron chi connectivity index (χ4n) is 1.00. The summed E-state index contributed by atoms with van der Waals surface area (Å²) in [5, 5.41) is 8.47. The summed E-state index contributed by atoms with van der Waals surface area (Å²) in [4.78, 5) is 13.2.